The number of ether oxygens (including phenoxy) is 9. The van der Waals surface area contributed by atoms with Gasteiger partial charge in [-0.3, -0.25) is 24.5 Å². The molecule has 17 nitrogen and oxygen atoms in total. The number of aliphatic hydroxyl groups excluding tert-OH is 2. The Morgan fingerprint density at radius 3 is 2.35 bits per heavy atom. The largest absolute Gasteiger partial charge is 0.495 e. The second kappa shape index (κ2) is 21.3. The van der Waals surface area contributed by atoms with Gasteiger partial charge in [0.2, 0.25) is 0 Å². The number of hydrogen-bond acceptors (Lipinski definition) is 17. The van der Waals surface area contributed by atoms with Crippen molar-refractivity contribution in [2.45, 2.75) is 192 Å². The number of rotatable bonds is 13. The Morgan fingerprint density at radius 1 is 1.00 bits per heavy atom. The Bertz CT molecular complexity index is 1710. The first-order valence-electron chi connectivity index (χ1n) is 24.1. The fourth-order valence-corrected chi connectivity index (χ4v) is 11.5. The third-order valence-corrected chi connectivity index (χ3v) is 16.0. The first-order chi connectivity index (χ1) is 30.7. The number of hydrogen-bond donors (Lipinski definition) is 3. The van der Waals surface area contributed by atoms with Crippen LogP contribution in [-0.4, -0.2) is 187 Å². The van der Waals surface area contributed by atoms with Crippen LogP contribution in [0.5, 0.6) is 5.75 Å². The molecule has 4 N–H and O–H groups in total. The number of carbonyl (C=O) groups is 1. The van der Waals surface area contributed by atoms with Gasteiger partial charge >= 0.3 is 5.97 Å². The molecule has 0 amide bonds. The highest BCUT2D eigenvalue weighted by Crippen LogP contribution is 2.49. The second-order valence-corrected chi connectivity index (χ2v) is 20.3. The minimum atomic E-state index is -1.12. The zero-order valence-electron chi connectivity index (χ0n) is 41.7. The van der Waals surface area contributed by atoms with Crippen molar-refractivity contribution in [1.29, 1.82) is 0 Å². The van der Waals surface area contributed by atoms with Crippen LogP contribution in [0.4, 0.5) is 0 Å². The van der Waals surface area contributed by atoms with Gasteiger partial charge in [0, 0.05) is 77.6 Å². The molecule has 0 aliphatic carbocycles. The van der Waals surface area contributed by atoms with Gasteiger partial charge in [0.15, 0.2) is 12.6 Å². The Kier molecular flexibility index (Phi) is 17.1. The predicted molar refractivity (Wildman–Crippen MR) is 243 cm³/mol. The van der Waals surface area contributed by atoms with Gasteiger partial charge < -0.3 is 58.6 Å². The van der Waals surface area contributed by atoms with Gasteiger partial charge in [-0.15, -0.1) is 0 Å². The van der Waals surface area contributed by atoms with Gasteiger partial charge in [0.25, 0.3) is 0 Å². The fourth-order valence-electron chi connectivity index (χ4n) is 11.5. The first-order valence-corrected chi connectivity index (χ1v) is 24.1. The van der Waals surface area contributed by atoms with Crippen molar-refractivity contribution >= 4 is 5.97 Å². The maximum atomic E-state index is 14.3. The van der Waals surface area contributed by atoms with Crippen LogP contribution in [0.15, 0.2) is 18.3 Å². The Labute approximate surface area is 388 Å². The maximum Gasteiger partial charge on any atom is 0.311 e. The summed E-state index contributed by atoms with van der Waals surface area (Å²) in [6.07, 6.45) is -3.83. The SMILES string of the molecule is CCN(CCN1C[C@@]2(OC1C)[C@H](C)O[C@@H](O[C@H]1[C@H](C)[C@@H](O[C@@H]3O[C@H](C)C[C@H](N)[C@H]3O)[C@@](C)(OC)C[C@@H](C)[C@H](O)[C@H](C)N3CC(C3)OC(=O)[C@@H]1C)C[C@@]2(C)OC)C(C)c1ncccc1OC. The third-order valence-electron chi connectivity index (χ3n) is 16.0. The summed E-state index contributed by atoms with van der Waals surface area (Å²) < 4.78 is 58.8. The van der Waals surface area contributed by atoms with Crippen LogP contribution in [0.25, 0.3) is 0 Å². The lowest BCUT2D eigenvalue weighted by molar-refractivity contribution is -0.338. The van der Waals surface area contributed by atoms with Gasteiger partial charge in [-0.25, -0.2) is 0 Å². The summed E-state index contributed by atoms with van der Waals surface area (Å²) in [7, 11) is 4.99. The summed E-state index contributed by atoms with van der Waals surface area (Å²) in [4.78, 5) is 25.8. The molecule has 7 rings (SSSR count). The Morgan fingerprint density at radius 2 is 1.71 bits per heavy atom. The molecule has 0 radical (unpaired) electrons. The van der Waals surface area contributed by atoms with E-state index in [1.54, 1.807) is 27.5 Å². The number of nitrogens with two attached hydrogens (primary N) is 1. The van der Waals surface area contributed by atoms with Crippen LogP contribution in [0, 0.1) is 17.8 Å². The molecule has 6 fully saturated rings. The van der Waals surface area contributed by atoms with Crippen molar-refractivity contribution in [3.05, 3.63) is 24.0 Å². The second-order valence-electron chi connectivity index (χ2n) is 20.3. The molecule has 0 saturated carbocycles. The van der Waals surface area contributed by atoms with Crippen molar-refractivity contribution in [3.63, 3.8) is 0 Å². The molecule has 7 heterocycles. The zero-order valence-corrected chi connectivity index (χ0v) is 41.7. The van der Waals surface area contributed by atoms with Crippen molar-refractivity contribution < 1.29 is 57.6 Å². The van der Waals surface area contributed by atoms with Crippen molar-refractivity contribution in [3.8, 4) is 5.75 Å². The standard InChI is InChI=1S/C48H83N5O12/c1-15-51(31(6)39-37(57-12)17-16-18-50-39)19-20-52-26-48(65-34(52)9)33(8)61-38(23-47(48,11)59-14)63-42-29(4)43(64-45-41(55)36(49)21-28(3)60-45)46(10,58-13)22-27(2)40(54)32(7)53-24-35(25-53)62-44(56)30(42)5/h16-18,27-36,38,40-43,45,54-55H,15,19-26,49H2,1-14H3/t27-,28-,29+,30-,31?,32+,33+,34?,36+,38+,40+,41-,42+,43-,45+,46+,47-,48-/m1/s1. The molecule has 6 aliphatic heterocycles. The smallest absolute Gasteiger partial charge is 0.311 e. The fraction of sp³-hybridized carbons (Fsp3) is 0.875. The Hall–Kier alpha value is -2.10. The number of esters is 1. The summed E-state index contributed by atoms with van der Waals surface area (Å²) in [5.74, 6) is -1.26. The molecule has 2 unspecified atom stereocenters. The highest BCUT2D eigenvalue weighted by atomic mass is 16.7. The van der Waals surface area contributed by atoms with Crippen molar-refractivity contribution in [2.24, 2.45) is 23.5 Å². The number of nitrogens with zero attached hydrogens (tertiary/aromatic N) is 4. The molecule has 65 heavy (non-hydrogen) atoms. The van der Waals surface area contributed by atoms with Crippen LogP contribution in [-0.2, 0) is 42.7 Å². The van der Waals surface area contributed by atoms with E-state index in [0.717, 1.165) is 31.1 Å². The van der Waals surface area contributed by atoms with E-state index in [-0.39, 0.29) is 36.4 Å². The lowest BCUT2D eigenvalue weighted by Crippen LogP contribution is -2.68. The number of methoxy groups -OCH3 is 3. The van der Waals surface area contributed by atoms with E-state index in [0.29, 0.717) is 38.9 Å². The molecule has 18 atom stereocenters. The summed E-state index contributed by atoms with van der Waals surface area (Å²) in [5.41, 5.74) is 4.50. The van der Waals surface area contributed by atoms with Gasteiger partial charge in [-0.1, -0.05) is 20.8 Å². The molecule has 1 aromatic heterocycles. The normalized spacial score (nSPS) is 44.9. The minimum absolute atomic E-state index is 0.0325. The number of likely N-dealkylation sites (N-methyl/N-ethyl adjacent to an activating group) is 1. The molecule has 6 saturated heterocycles. The zero-order chi connectivity index (χ0) is 47.8. The molecule has 2 bridgehead atoms. The molecular weight excluding hydrogens is 839 g/mol. The van der Waals surface area contributed by atoms with Crippen LogP contribution >= 0.6 is 0 Å². The monoisotopic (exact) mass is 922 g/mol. The highest BCUT2D eigenvalue weighted by Gasteiger charge is 2.64. The van der Waals surface area contributed by atoms with Gasteiger partial charge in [0.05, 0.1) is 60.9 Å². The molecule has 17 heteroatoms. The molecular formula is C48H83N5O12. The number of pyridine rings is 1. The number of aliphatic hydroxyl groups is 2. The summed E-state index contributed by atoms with van der Waals surface area (Å²) in [6, 6.07) is 3.10. The average molecular weight is 922 g/mol. The lowest BCUT2D eigenvalue weighted by atomic mass is 9.74. The quantitative estimate of drug-likeness (QED) is 0.243. The van der Waals surface area contributed by atoms with Crippen molar-refractivity contribution in [1.82, 2.24) is 19.7 Å². The summed E-state index contributed by atoms with van der Waals surface area (Å²) in [6.45, 7) is 26.0. The van der Waals surface area contributed by atoms with E-state index >= 15 is 0 Å². The molecule has 372 valence electrons. The first kappa shape index (κ1) is 52.3. The topological polar surface area (TPSA) is 189 Å². The molecule has 0 aromatic carbocycles. The third kappa shape index (κ3) is 10.6. The van der Waals surface area contributed by atoms with Crippen LogP contribution < -0.4 is 10.5 Å². The predicted octanol–water partition coefficient (Wildman–Crippen LogP) is 3.72. The minimum Gasteiger partial charge on any atom is -0.495 e. The van der Waals surface area contributed by atoms with E-state index in [1.807, 2.05) is 60.6 Å². The molecule has 6 aliphatic rings. The molecule has 1 aromatic rings. The van der Waals surface area contributed by atoms with Gasteiger partial charge in [-0.2, -0.15) is 0 Å². The van der Waals surface area contributed by atoms with Crippen LogP contribution in [0.3, 0.4) is 0 Å². The van der Waals surface area contributed by atoms with E-state index in [9.17, 15) is 15.0 Å². The Balaban J connectivity index is 1.27. The van der Waals surface area contributed by atoms with E-state index in [4.69, 9.17) is 48.4 Å². The summed E-state index contributed by atoms with van der Waals surface area (Å²) >= 11 is 0. The van der Waals surface area contributed by atoms with E-state index < -0.39 is 83.7 Å². The maximum absolute atomic E-state index is 14.3. The van der Waals surface area contributed by atoms with E-state index in [2.05, 4.69) is 47.4 Å². The average Bonchev–Trinajstić information content (AvgIpc) is 3.62. The van der Waals surface area contributed by atoms with E-state index in [1.165, 1.54) is 0 Å². The van der Waals surface area contributed by atoms with Crippen LogP contribution in [0.2, 0.25) is 0 Å². The van der Waals surface area contributed by atoms with Crippen LogP contribution in [0.1, 0.15) is 107 Å². The van der Waals surface area contributed by atoms with Gasteiger partial charge in [0.1, 0.15) is 35.4 Å². The van der Waals surface area contributed by atoms with Crippen molar-refractivity contribution in [2.75, 3.05) is 60.6 Å². The number of carbonyl (C=O) groups excluding carboxylic acids is 1. The highest BCUT2D eigenvalue weighted by molar-refractivity contribution is 5.73. The molecule has 1 spiro atoms. The number of aromatic nitrogens is 1. The number of fused-ring (bicyclic) bond motifs is 10. The van der Waals surface area contributed by atoms with Gasteiger partial charge in [-0.05, 0) is 92.8 Å². The lowest BCUT2D eigenvalue weighted by Gasteiger charge is -2.54. The summed E-state index contributed by atoms with van der Waals surface area (Å²) in [5, 5.41) is 23.1.